The van der Waals surface area contributed by atoms with Gasteiger partial charge in [-0.3, -0.25) is 9.28 Å². The highest BCUT2D eigenvalue weighted by Gasteiger charge is 2.17. The van der Waals surface area contributed by atoms with Crippen LogP contribution in [0.3, 0.4) is 0 Å². The molecule has 0 heterocycles. The molecule has 146 valence electrons. The van der Waals surface area contributed by atoms with Gasteiger partial charge in [-0.15, -0.1) is 0 Å². The number of benzene rings is 2. The van der Waals surface area contributed by atoms with E-state index in [2.05, 4.69) is 20.7 Å². The largest absolute Gasteiger partial charge is 1.00 e. The fourth-order valence-electron chi connectivity index (χ4n) is 2.62. The van der Waals surface area contributed by atoms with Crippen LogP contribution in [0.5, 0.6) is 17.2 Å². The molecule has 5 nitrogen and oxygen atoms in total. The van der Waals surface area contributed by atoms with Gasteiger partial charge in [-0.1, -0.05) is 6.58 Å². The standard InChI is InChI=1S/C21H26NO4.BrH/c1-6-13-22(2,3)17-8-10-18(11-9-17)26-15-19(23)16-7-12-20(24-4)21(14-16)25-5;/h6-12,14H,1,13,15H2,2-5H3;1H/q+1;/p-1. The van der Waals surface area contributed by atoms with Gasteiger partial charge in [0.05, 0.1) is 28.3 Å². The molecule has 0 spiro atoms. The molecule has 0 radical (unpaired) electrons. The second kappa shape index (κ2) is 10.1. The lowest BCUT2D eigenvalue weighted by Crippen LogP contribution is -3.00. The fraction of sp³-hybridized carbons (Fsp3) is 0.286. The van der Waals surface area contributed by atoms with E-state index in [0.29, 0.717) is 27.3 Å². The van der Waals surface area contributed by atoms with Gasteiger partial charge < -0.3 is 31.2 Å². The predicted octanol–water partition coefficient (Wildman–Crippen LogP) is 0.722. The summed E-state index contributed by atoms with van der Waals surface area (Å²) in [5.74, 6) is 1.63. The molecule has 0 unspecified atom stereocenters. The smallest absolute Gasteiger partial charge is 0.200 e. The van der Waals surface area contributed by atoms with Gasteiger partial charge in [0.15, 0.2) is 23.9 Å². The third-order valence-electron chi connectivity index (χ3n) is 4.20. The zero-order chi connectivity index (χ0) is 19.2. The highest BCUT2D eigenvalue weighted by atomic mass is 79.9. The maximum absolute atomic E-state index is 12.4. The third-order valence-corrected chi connectivity index (χ3v) is 4.20. The van der Waals surface area contributed by atoms with Crippen LogP contribution in [0.4, 0.5) is 5.69 Å². The first-order chi connectivity index (χ1) is 12.4. The fourth-order valence-corrected chi connectivity index (χ4v) is 2.62. The van der Waals surface area contributed by atoms with Gasteiger partial charge in [0.2, 0.25) is 0 Å². The number of hydrogen-bond donors (Lipinski definition) is 0. The van der Waals surface area contributed by atoms with Gasteiger partial charge >= 0.3 is 0 Å². The quantitative estimate of drug-likeness (QED) is 0.330. The molecule has 2 aromatic carbocycles. The molecule has 0 saturated carbocycles. The van der Waals surface area contributed by atoms with Crippen molar-refractivity contribution in [1.29, 1.82) is 0 Å². The van der Waals surface area contributed by atoms with Gasteiger partial charge in [0.25, 0.3) is 0 Å². The summed E-state index contributed by atoms with van der Waals surface area (Å²) >= 11 is 0. The van der Waals surface area contributed by atoms with E-state index in [1.807, 2.05) is 30.3 Å². The van der Waals surface area contributed by atoms with Crippen LogP contribution in [-0.2, 0) is 0 Å². The Balaban J connectivity index is 0.00000364. The molecular weight excluding hydrogens is 410 g/mol. The number of ketones is 1. The molecule has 0 bridgehead atoms. The summed E-state index contributed by atoms with van der Waals surface area (Å²) in [6.07, 6.45) is 1.90. The van der Waals surface area contributed by atoms with E-state index in [9.17, 15) is 4.79 Å². The summed E-state index contributed by atoms with van der Waals surface area (Å²) in [6.45, 7) is 4.58. The number of hydrogen-bond acceptors (Lipinski definition) is 4. The average molecular weight is 436 g/mol. The van der Waals surface area contributed by atoms with Gasteiger partial charge in [0, 0.05) is 17.7 Å². The van der Waals surface area contributed by atoms with Crippen molar-refractivity contribution in [1.82, 2.24) is 4.48 Å². The second-order valence-corrected chi connectivity index (χ2v) is 6.43. The van der Waals surface area contributed by atoms with Crippen molar-refractivity contribution in [2.75, 3.05) is 41.5 Å². The Morgan fingerprint density at radius 2 is 1.67 bits per heavy atom. The van der Waals surface area contributed by atoms with Crippen molar-refractivity contribution in [2.45, 2.75) is 0 Å². The predicted molar refractivity (Wildman–Crippen MR) is 105 cm³/mol. The van der Waals surface area contributed by atoms with Crippen LogP contribution in [-0.4, -0.2) is 47.2 Å². The van der Waals surface area contributed by atoms with Crippen molar-refractivity contribution in [3.05, 3.63) is 60.7 Å². The van der Waals surface area contributed by atoms with Crippen LogP contribution >= 0.6 is 0 Å². The summed E-state index contributed by atoms with van der Waals surface area (Å²) in [6, 6.07) is 12.8. The molecule has 0 aliphatic carbocycles. The Kier molecular flexibility index (Phi) is 8.53. The molecule has 0 aliphatic rings. The second-order valence-electron chi connectivity index (χ2n) is 6.43. The highest BCUT2D eigenvalue weighted by molar-refractivity contribution is 5.97. The average Bonchev–Trinajstić information content (AvgIpc) is 2.65. The minimum absolute atomic E-state index is 0. The van der Waals surface area contributed by atoms with E-state index >= 15 is 0 Å². The molecule has 0 aliphatic heterocycles. The molecule has 0 atom stereocenters. The molecule has 27 heavy (non-hydrogen) atoms. The number of carbonyl (C=O) groups excluding carboxylic acids is 1. The number of ether oxygens (including phenoxy) is 3. The van der Waals surface area contributed by atoms with Gasteiger partial charge in [-0.25, -0.2) is 0 Å². The Hall–Kier alpha value is -2.31. The van der Waals surface area contributed by atoms with Crippen LogP contribution in [0.1, 0.15) is 10.4 Å². The lowest BCUT2D eigenvalue weighted by molar-refractivity contribution is -0.0000136. The summed E-state index contributed by atoms with van der Waals surface area (Å²) in [5, 5.41) is 0. The molecule has 0 fully saturated rings. The van der Waals surface area contributed by atoms with Crippen LogP contribution < -0.4 is 35.7 Å². The summed E-state index contributed by atoms with van der Waals surface area (Å²) < 4.78 is 16.7. The SMILES string of the molecule is C=CC[N+](C)(C)c1ccc(OCC(=O)c2ccc(OC)c(OC)c2)cc1.[Br-]. The maximum atomic E-state index is 12.4. The minimum Gasteiger partial charge on any atom is -1.00 e. The van der Waals surface area contributed by atoms with E-state index in [0.717, 1.165) is 12.2 Å². The third kappa shape index (κ3) is 5.84. The molecular formula is C21H26BrNO4. The van der Waals surface area contributed by atoms with E-state index in [4.69, 9.17) is 14.2 Å². The van der Waals surface area contributed by atoms with Crippen LogP contribution in [0.15, 0.2) is 55.1 Å². The van der Waals surface area contributed by atoms with Crippen LogP contribution in [0.25, 0.3) is 0 Å². The van der Waals surface area contributed by atoms with Crippen molar-refractivity contribution >= 4 is 11.5 Å². The topological polar surface area (TPSA) is 44.8 Å². The minimum atomic E-state index is -0.127. The molecule has 2 aromatic rings. The summed E-state index contributed by atoms with van der Waals surface area (Å²) in [7, 11) is 7.31. The summed E-state index contributed by atoms with van der Waals surface area (Å²) in [5.41, 5.74) is 1.66. The van der Waals surface area contributed by atoms with Crippen LogP contribution in [0, 0.1) is 0 Å². The van der Waals surface area contributed by atoms with E-state index in [-0.39, 0.29) is 29.4 Å². The number of halogens is 1. The number of nitrogens with zero attached hydrogens (tertiary/aromatic N) is 1. The van der Waals surface area contributed by atoms with Crippen molar-refractivity contribution in [2.24, 2.45) is 0 Å². The number of methoxy groups -OCH3 is 2. The van der Waals surface area contributed by atoms with Crippen molar-refractivity contribution in [3.63, 3.8) is 0 Å². The van der Waals surface area contributed by atoms with E-state index < -0.39 is 0 Å². The number of likely N-dealkylation sites (N-methyl/N-ethyl adjacent to an activating group) is 1. The highest BCUT2D eigenvalue weighted by Crippen LogP contribution is 2.28. The van der Waals surface area contributed by atoms with Crippen LogP contribution in [0.2, 0.25) is 0 Å². The molecule has 0 amide bonds. The first kappa shape index (κ1) is 22.7. The first-order valence-electron chi connectivity index (χ1n) is 8.34. The van der Waals surface area contributed by atoms with Crippen molar-refractivity contribution in [3.8, 4) is 17.2 Å². The Labute approximate surface area is 171 Å². The molecule has 0 N–H and O–H groups in total. The molecule has 0 saturated heterocycles. The van der Waals surface area contributed by atoms with E-state index in [1.165, 1.54) is 7.11 Å². The number of quaternary nitrogens is 1. The molecule has 0 aromatic heterocycles. The van der Waals surface area contributed by atoms with Gasteiger partial charge in [-0.2, -0.15) is 0 Å². The zero-order valence-electron chi connectivity index (χ0n) is 16.2. The van der Waals surface area contributed by atoms with Crippen molar-refractivity contribution < 1.29 is 36.0 Å². The molecule has 6 heteroatoms. The number of Topliss-reactive ketones (excluding diaryl/α,β-unsaturated/α-hetero) is 1. The van der Waals surface area contributed by atoms with Gasteiger partial charge in [-0.05, 0) is 36.4 Å². The Bertz CT molecular complexity index is 772. The normalized spacial score (nSPS) is 10.5. The molecule has 2 rings (SSSR count). The lowest BCUT2D eigenvalue weighted by atomic mass is 10.1. The lowest BCUT2D eigenvalue weighted by Gasteiger charge is -2.27. The number of rotatable bonds is 9. The monoisotopic (exact) mass is 435 g/mol. The number of carbonyl (C=O) groups is 1. The maximum Gasteiger partial charge on any atom is 0.200 e. The first-order valence-corrected chi connectivity index (χ1v) is 8.34. The Morgan fingerprint density at radius 3 is 2.22 bits per heavy atom. The summed E-state index contributed by atoms with van der Waals surface area (Å²) in [4.78, 5) is 12.4. The van der Waals surface area contributed by atoms with Gasteiger partial charge in [0.1, 0.15) is 18.0 Å². The Morgan fingerprint density at radius 1 is 1.04 bits per heavy atom. The van der Waals surface area contributed by atoms with E-state index in [1.54, 1.807) is 25.3 Å². The zero-order valence-corrected chi connectivity index (χ0v) is 17.8.